The second-order valence-electron chi connectivity index (χ2n) is 9.64. The van der Waals surface area contributed by atoms with Gasteiger partial charge in [0.2, 0.25) is 0 Å². The number of hydrogen-bond acceptors (Lipinski definition) is 8. The van der Waals surface area contributed by atoms with Crippen molar-refractivity contribution in [1.29, 1.82) is 0 Å². The van der Waals surface area contributed by atoms with Gasteiger partial charge >= 0.3 is 0 Å². The molecule has 8 heteroatoms. The highest BCUT2D eigenvalue weighted by atomic mass is 16.5. The van der Waals surface area contributed by atoms with Gasteiger partial charge in [-0.2, -0.15) is 0 Å². The first-order valence-corrected chi connectivity index (χ1v) is 11.6. The van der Waals surface area contributed by atoms with Gasteiger partial charge < -0.3 is 19.8 Å². The Morgan fingerprint density at radius 1 is 1.22 bits per heavy atom. The predicted octanol–water partition coefficient (Wildman–Crippen LogP) is 2.97. The normalized spacial score (nSPS) is 25.2. The van der Waals surface area contributed by atoms with E-state index >= 15 is 0 Å². The molecular formula is C24H34N6O2. The van der Waals surface area contributed by atoms with Crippen LogP contribution in [0.3, 0.4) is 0 Å². The van der Waals surface area contributed by atoms with Crippen molar-refractivity contribution >= 4 is 11.5 Å². The predicted molar refractivity (Wildman–Crippen MR) is 125 cm³/mol. The van der Waals surface area contributed by atoms with Gasteiger partial charge in [-0.25, -0.2) is 15.4 Å². The highest BCUT2D eigenvalue weighted by molar-refractivity contribution is 5.61. The lowest BCUT2D eigenvalue weighted by Gasteiger charge is -2.43. The minimum atomic E-state index is -0.0391. The Morgan fingerprint density at radius 3 is 2.81 bits per heavy atom. The number of aromatic nitrogens is 2. The summed E-state index contributed by atoms with van der Waals surface area (Å²) in [6, 6.07) is 9.18. The van der Waals surface area contributed by atoms with Gasteiger partial charge in [-0.3, -0.25) is 4.90 Å². The van der Waals surface area contributed by atoms with Crippen LogP contribution in [0.5, 0.6) is 5.75 Å². The van der Waals surface area contributed by atoms with Crippen molar-refractivity contribution in [1.82, 2.24) is 20.3 Å². The molecule has 0 spiro atoms. The number of ether oxygens (including phenoxy) is 2. The number of anilines is 2. The molecule has 1 unspecified atom stereocenters. The third-order valence-electron chi connectivity index (χ3n) is 6.95. The smallest absolute Gasteiger partial charge is 0.132 e. The average Bonchev–Trinajstić information content (AvgIpc) is 3.36. The Morgan fingerprint density at radius 2 is 2.06 bits per heavy atom. The lowest BCUT2D eigenvalue weighted by Crippen LogP contribution is -2.56. The summed E-state index contributed by atoms with van der Waals surface area (Å²) in [5.74, 6) is 1.90. The van der Waals surface area contributed by atoms with Crippen LogP contribution >= 0.6 is 0 Å². The van der Waals surface area contributed by atoms with E-state index in [1.807, 2.05) is 6.07 Å². The van der Waals surface area contributed by atoms with Gasteiger partial charge in [0, 0.05) is 50.5 Å². The molecule has 3 atom stereocenters. The molecule has 172 valence electrons. The summed E-state index contributed by atoms with van der Waals surface area (Å²) < 4.78 is 11.5. The summed E-state index contributed by atoms with van der Waals surface area (Å²) in [7, 11) is 1.77. The molecule has 2 aliphatic heterocycles. The molecule has 3 aliphatic rings. The molecule has 2 N–H and O–H groups in total. The second kappa shape index (κ2) is 8.50. The maximum absolute atomic E-state index is 6.19. The number of nitrogens with one attached hydrogen (secondary N) is 2. The minimum absolute atomic E-state index is 0.00483. The molecule has 0 bridgehead atoms. The van der Waals surface area contributed by atoms with Crippen molar-refractivity contribution in [2.75, 3.05) is 43.7 Å². The van der Waals surface area contributed by atoms with E-state index in [9.17, 15) is 0 Å². The third kappa shape index (κ3) is 4.27. The fourth-order valence-electron chi connectivity index (χ4n) is 4.84. The van der Waals surface area contributed by atoms with E-state index in [-0.39, 0.29) is 11.6 Å². The van der Waals surface area contributed by atoms with Crippen LogP contribution in [0.15, 0.2) is 30.6 Å². The first kappa shape index (κ1) is 21.4. The van der Waals surface area contributed by atoms with Crippen molar-refractivity contribution in [2.24, 2.45) is 0 Å². The van der Waals surface area contributed by atoms with E-state index in [1.165, 1.54) is 0 Å². The van der Waals surface area contributed by atoms with Gasteiger partial charge in [-0.1, -0.05) is 0 Å². The lowest BCUT2D eigenvalue weighted by atomic mass is 10.0. The van der Waals surface area contributed by atoms with Gasteiger partial charge in [0.15, 0.2) is 0 Å². The number of piperazine rings is 1. The van der Waals surface area contributed by atoms with E-state index in [2.05, 4.69) is 69.6 Å². The van der Waals surface area contributed by atoms with Crippen LogP contribution in [0.25, 0.3) is 0 Å². The van der Waals surface area contributed by atoms with E-state index in [4.69, 9.17) is 9.47 Å². The summed E-state index contributed by atoms with van der Waals surface area (Å²) in [6.07, 6.45) is 3.92. The molecule has 0 amide bonds. The van der Waals surface area contributed by atoms with Crippen LogP contribution in [-0.2, 0) is 4.74 Å². The van der Waals surface area contributed by atoms with Gasteiger partial charge in [-0.05, 0) is 51.8 Å². The number of hydrogen-bond donors (Lipinski definition) is 2. The molecule has 1 aromatic carbocycles. The largest absolute Gasteiger partial charge is 0.488 e. The Balaban J connectivity index is 1.32. The molecule has 3 heterocycles. The molecule has 8 nitrogen and oxygen atoms in total. The number of fused-ring (bicyclic) bond motifs is 1. The second-order valence-corrected chi connectivity index (χ2v) is 9.64. The topological polar surface area (TPSA) is 74.8 Å². The van der Waals surface area contributed by atoms with Crippen LogP contribution in [0.4, 0.5) is 11.5 Å². The van der Waals surface area contributed by atoms with Crippen molar-refractivity contribution < 1.29 is 9.47 Å². The van der Waals surface area contributed by atoms with Crippen LogP contribution in [0.1, 0.15) is 50.9 Å². The zero-order valence-corrected chi connectivity index (χ0v) is 19.5. The maximum Gasteiger partial charge on any atom is 0.132 e. The minimum Gasteiger partial charge on any atom is -0.488 e. The molecule has 1 aliphatic carbocycles. The number of hydrazine groups is 1. The number of benzene rings is 1. The molecular weight excluding hydrogens is 404 g/mol. The van der Waals surface area contributed by atoms with Crippen LogP contribution in [-0.4, -0.2) is 65.9 Å². The molecule has 2 aromatic rings. The number of methoxy groups -OCH3 is 1. The molecule has 1 saturated heterocycles. The number of rotatable bonds is 7. The monoisotopic (exact) mass is 438 g/mol. The summed E-state index contributed by atoms with van der Waals surface area (Å²) in [4.78, 5) is 14.1. The summed E-state index contributed by atoms with van der Waals surface area (Å²) in [5.41, 5.74) is 9.86. The SMILES string of the molecule is COCC(C)N1CCN(c2cc([C@@H]3NNc4ccc(OC5(C)CC5)cc43)ncn2)C[C@@H]1C. The van der Waals surface area contributed by atoms with E-state index in [1.54, 1.807) is 13.4 Å². The van der Waals surface area contributed by atoms with Gasteiger partial charge in [0.1, 0.15) is 23.5 Å². The highest BCUT2D eigenvalue weighted by Crippen LogP contribution is 2.42. The summed E-state index contributed by atoms with van der Waals surface area (Å²) in [5, 5.41) is 0. The standard InChI is InChI=1S/C24H34N6O2/c1-16-13-29(9-10-30(16)17(2)14-31-4)22-12-21(25-15-26-22)23-19-11-18(32-24(3)7-8-24)5-6-20(19)27-28-23/h5-6,11-12,15-17,23,27-28H,7-10,13-14H2,1-4H3/t16-,17?,23+/m0/s1. The Kier molecular flexibility index (Phi) is 5.69. The lowest BCUT2D eigenvalue weighted by molar-refractivity contribution is 0.0678. The van der Waals surface area contributed by atoms with E-state index in [0.717, 1.165) is 67.6 Å². The fourth-order valence-corrected chi connectivity index (χ4v) is 4.84. The number of nitrogens with zero attached hydrogens (tertiary/aromatic N) is 4. The summed E-state index contributed by atoms with van der Waals surface area (Å²) in [6.45, 7) is 10.3. The van der Waals surface area contributed by atoms with Crippen molar-refractivity contribution in [3.05, 3.63) is 41.9 Å². The van der Waals surface area contributed by atoms with Crippen molar-refractivity contribution in [2.45, 2.75) is 57.3 Å². The first-order valence-electron chi connectivity index (χ1n) is 11.6. The van der Waals surface area contributed by atoms with Gasteiger partial charge in [0.05, 0.1) is 24.0 Å². The Bertz CT molecular complexity index is 965. The molecule has 0 radical (unpaired) electrons. The van der Waals surface area contributed by atoms with Crippen LogP contribution < -0.4 is 20.5 Å². The molecule has 1 aromatic heterocycles. The molecule has 1 saturated carbocycles. The van der Waals surface area contributed by atoms with Crippen molar-refractivity contribution in [3.63, 3.8) is 0 Å². The molecule has 5 rings (SSSR count). The molecule has 32 heavy (non-hydrogen) atoms. The molecule has 2 fully saturated rings. The zero-order valence-electron chi connectivity index (χ0n) is 19.5. The average molecular weight is 439 g/mol. The van der Waals surface area contributed by atoms with E-state index in [0.29, 0.717) is 12.1 Å². The van der Waals surface area contributed by atoms with Gasteiger partial charge in [0.25, 0.3) is 0 Å². The zero-order chi connectivity index (χ0) is 22.3. The third-order valence-corrected chi connectivity index (χ3v) is 6.95. The Hall–Kier alpha value is -2.42. The highest BCUT2D eigenvalue weighted by Gasteiger charge is 2.40. The summed E-state index contributed by atoms with van der Waals surface area (Å²) >= 11 is 0. The quantitative estimate of drug-likeness (QED) is 0.684. The van der Waals surface area contributed by atoms with Crippen LogP contribution in [0, 0.1) is 0 Å². The maximum atomic E-state index is 6.19. The van der Waals surface area contributed by atoms with Crippen molar-refractivity contribution in [3.8, 4) is 5.75 Å². The van der Waals surface area contributed by atoms with Gasteiger partial charge in [-0.15, -0.1) is 0 Å². The van der Waals surface area contributed by atoms with Crippen LogP contribution in [0.2, 0.25) is 0 Å². The van der Waals surface area contributed by atoms with E-state index < -0.39 is 0 Å². The Labute approximate surface area is 190 Å². The fraction of sp³-hybridized carbons (Fsp3) is 0.583. The first-order chi connectivity index (χ1) is 15.5.